The lowest BCUT2D eigenvalue weighted by Gasteiger charge is -2.15. The van der Waals surface area contributed by atoms with Crippen molar-refractivity contribution >= 4 is 28.5 Å². The Balaban J connectivity index is 1.82. The van der Waals surface area contributed by atoms with E-state index in [2.05, 4.69) is 25.4 Å². The third-order valence-electron chi connectivity index (χ3n) is 4.39. The zero-order valence-electron chi connectivity index (χ0n) is 15.3. The molecule has 3 heterocycles. The summed E-state index contributed by atoms with van der Waals surface area (Å²) in [5.74, 6) is -0.236. The van der Waals surface area contributed by atoms with E-state index >= 15 is 0 Å². The smallest absolute Gasteiger partial charge is 0.224 e. The van der Waals surface area contributed by atoms with E-state index in [4.69, 9.17) is 11.5 Å². The third kappa shape index (κ3) is 3.25. The molecule has 0 amide bonds. The van der Waals surface area contributed by atoms with Crippen LogP contribution in [0.2, 0.25) is 0 Å². The second kappa shape index (κ2) is 7.05. The molecule has 1 atom stereocenters. The van der Waals surface area contributed by atoms with Crippen LogP contribution < -0.4 is 16.8 Å². The Morgan fingerprint density at radius 1 is 1.24 bits per heavy atom. The van der Waals surface area contributed by atoms with Crippen molar-refractivity contribution in [2.45, 2.75) is 13.0 Å². The van der Waals surface area contributed by atoms with Crippen LogP contribution in [0.3, 0.4) is 0 Å². The predicted molar refractivity (Wildman–Crippen MR) is 106 cm³/mol. The monoisotopic (exact) mass is 389 g/mol. The van der Waals surface area contributed by atoms with Gasteiger partial charge in [-0.25, -0.2) is 9.07 Å². The molecule has 10 heteroatoms. The van der Waals surface area contributed by atoms with E-state index < -0.39 is 6.04 Å². The van der Waals surface area contributed by atoms with Gasteiger partial charge in [-0.15, -0.1) is 0 Å². The minimum atomic E-state index is -0.401. The Hall–Kier alpha value is -4.26. The molecular weight excluding hydrogens is 373 g/mol. The Bertz CT molecular complexity index is 1240. The molecule has 29 heavy (non-hydrogen) atoms. The van der Waals surface area contributed by atoms with Crippen molar-refractivity contribution in [3.63, 3.8) is 0 Å². The SMILES string of the molecule is CC(Nc1nc(N)nc(N)c1C#N)c1nn(-c2cccnc2)c2cc(F)ccc12. The Morgan fingerprint density at radius 3 is 2.79 bits per heavy atom. The maximum absolute atomic E-state index is 13.9. The first-order valence-electron chi connectivity index (χ1n) is 8.66. The Kier molecular flexibility index (Phi) is 4.40. The summed E-state index contributed by atoms with van der Waals surface area (Å²) in [4.78, 5) is 12.0. The van der Waals surface area contributed by atoms with E-state index in [-0.39, 0.29) is 29.0 Å². The molecule has 144 valence electrons. The number of benzene rings is 1. The number of nitrogens with one attached hydrogen (secondary N) is 1. The average molecular weight is 389 g/mol. The van der Waals surface area contributed by atoms with E-state index in [1.807, 2.05) is 19.1 Å². The largest absolute Gasteiger partial charge is 0.382 e. The number of anilines is 3. The number of hydrogen-bond acceptors (Lipinski definition) is 8. The summed E-state index contributed by atoms with van der Waals surface area (Å²) in [6.45, 7) is 1.84. The van der Waals surface area contributed by atoms with E-state index in [1.165, 1.54) is 12.1 Å². The third-order valence-corrected chi connectivity index (χ3v) is 4.39. The molecule has 0 saturated carbocycles. The molecule has 0 bridgehead atoms. The molecule has 0 aliphatic heterocycles. The fraction of sp³-hybridized carbons (Fsp3) is 0.105. The quantitative estimate of drug-likeness (QED) is 0.483. The summed E-state index contributed by atoms with van der Waals surface area (Å²) >= 11 is 0. The van der Waals surface area contributed by atoms with Gasteiger partial charge in [0.1, 0.15) is 23.3 Å². The number of pyridine rings is 1. The lowest BCUT2D eigenvalue weighted by molar-refractivity contribution is 0.629. The van der Waals surface area contributed by atoms with Gasteiger partial charge in [0.2, 0.25) is 5.95 Å². The standard InChI is InChI=1S/C19H16FN9/c1-10(25-18-14(8-21)17(22)26-19(23)27-18)16-13-5-4-11(20)7-15(13)29(28-16)12-3-2-6-24-9-12/h2-7,9-10H,1H3,(H5,22,23,25,26,27). The second-order valence-corrected chi connectivity index (χ2v) is 6.34. The number of nitrogens with two attached hydrogens (primary N) is 2. The van der Waals surface area contributed by atoms with Crippen LogP contribution in [0.5, 0.6) is 0 Å². The van der Waals surface area contributed by atoms with Gasteiger partial charge in [-0.05, 0) is 31.2 Å². The normalized spacial score (nSPS) is 11.9. The molecule has 0 spiro atoms. The molecule has 5 N–H and O–H groups in total. The molecule has 1 aromatic carbocycles. The summed E-state index contributed by atoms with van der Waals surface area (Å²) in [7, 11) is 0. The fourth-order valence-electron chi connectivity index (χ4n) is 3.09. The van der Waals surface area contributed by atoms with Gasteiger partial charge in [0.25, 0.3) is 0 Å². The molecule has 4 rings (SSSR count). The van der Waals surface area contributed by atoms with Gasteiger partial charge >= 0.3 is 0 Å². The van der Waals surface area contributed by atoms with Crippen molar-refractivity contribution in [2.24, 2.45) is 0 Å². The van der Waals surface area contributed by atoms with Crippen molar-refractivity contribution < 1.29 is 4.39 Å². The highest BCUT2D eigenvalue weighted by atomic mass is 19.1. The molecule has 0 aliphatic rings. The van der Waals surface area contributed by atoms with Crippen molar-refractivity contribution in [1.82, 2.24) is 24.7 Å². The van der Waals surface area contributed by atoms with E-state index in [1.54, 1.807) is 29.2 Å². The number of halogens is 1. The van der Waals surface area contributed by atoms with Gasteiger partial charge in [-0.3, -0.25) is 4.98 Å². The second-order valence-electron chi connectivity index (χ2n) is 6.34. The first-order chi connectivity index (χ1) is 14.0. The van der Waals surface area contributed by atoms with Crippen molar-refractivity contribution in [1.29, 1.82) is 5.26 Å². The number of rotatable bonds is 4. The first-order valence-corrected chi connectivity index (χ1v) is 8.66. The fourth-order valence-corrected chi connectivity index (χ4v) is 3.09. The zero-order valence-corrected chi connectivity index (χ0v) is 15.3. The van der Waals surface area contributed by atoms with Crippen LogP contribution in [0, 0.1) is 17.1 Å². The molecular formula is C19H16FN9. The predicted octanol–water partition coefficient (Wildman–Crippen LogP) is 2.56. The maximum Gasteiger partial charge on any atom is 0.224 e. The highest BCUT2D eigenvalue weighted by molar-refractivity contribution is 5.84. The summed E-state index contributed by atoms with van der Waals surface area (Å²) in [5.41, 5.74) is 13.4. The summed E-state index contributed by atoms with van der Waals surface area (Å²) < 4.78 is 15.5. The van der Waals surface area contributed by atoms with Gasteiger partial charge < -0.3 is 16.8 Å². The number of nitrogen functional groups attached to an aromatic ring is 2. The Labute approximate surface area is 164 Å². The van der Waals surface area contributed by atoms with Crippen LogP contribution in [0.15, 0.2) is 42.7 Å². The van der Waals surface area contributed by atoms with Crippen LogP contribution in [0.1, 0.15) is 24.2 Å². The van der Waals surface area contributed by atoms with Crippen molar-refractivity contribution in [3.05, 3.63) is 59.8 Å². The van der Waals surface area contributed by atoms with Crippen LogP contribution in [-0.4, -0.2) is 24.7 Å². The van der Waals surface area contributed by atoms with E-state index in [0.29, 0.717) is 16.9 Å². The number of nitriles is 1. The summed E-state index contributed by atoms with van der Waals surface area (Å²) in [5, 5.41) is 17.9. The average Bonchev–Trinajstić information content (AvgIpc) is 3.07. The van der Waals surface area contributed by atoms with Gasteiger partial charge in [0.15, 0.2) is 5.82 Å². The molecule has 0 fully saturated rings. The minimum absolute atomic E-state index is 0.0116. The number of hydrogen-bond donors (Lipinski definition) is 3. The molecule has 1 unspecified atom stereocenters. The summed E-state index contributed by atoms with van der Waals surface area (Å²) in [6, 6.07) is 9.61. The molecule has 3 aromatic heterocycles. The molecule has 0 saturated heterocycles. The highest BCUT2D eigenvalue weighted by Crippen LogP contribution is 2.30. The van der Waals surface area contributed by atoms with Gasteiger partial charge in [-0.1, -0.05) is 0 Å². The van der Waals surface area contributed by atoms with Crippen molar-refractivity contribution in [2.75, 3.05) is 16.8 Å². The molecule has 9 nitrogen and oxygen atoms in total. The maximum atomic E-state index is 13.9. The number of nitrogens with zero attached hydrogens (tertiary/aromatic N) is 6. The van der Waals surface area contributed by atoms with Crippen LogP contribution >= 0.6 is 0 Å². The molecule has 0 radical (unpaired) electrons. The van der Waals surface area contributed by atoms with Crippen LogP contribution in [0.4, 0.5) is 22.0 Å². The minimum Gasteiger partial charge on any atom is -0.382 e. The number of aromatic nitrogens is 5. The molecule has 0 aliphatic carbocycles. The van der Waals surface area contributed by atoms with Gasteiger partial charge in [0.05, 0.1) is 29.1 Å². The van der Waals surface area contributed by atoms with E-state index in [0.717, 1.165) is 5.39 Å². The van der Waals surface area contributed by atoms with Crippen LogP contribution in [-0.2, 0) is 0 Å². The van der Waals surface area contributed by atoms with E-state index in [9.17, 15) is 9.65 Å². The zero-order chi connectivity index (χ0) is 20.5. The lowest BCUT2D eigenvalue weighted by atomic mass is 10.1. The van der Waals surface area contributed by atoms with Crippen molar-refractivity contribution in [3.8, 4) is 11.8 Å². The molecule has 4 aromatic rings. The van der Waals surface area contributed by atoms with Crippen LogP contribution in [0.25, 0.3) is 16.6 Å². The topological polar surface area (TPSA) is 144 Å². The number of fused-ring (bicyclic) bond motifs is 1. The summed E-state index contributed by atoms with van der Waals surface area (Å²) in [6.07, 6.45) is 3.28. The van der Waals surface area contributed by atoms with Gasteiger partial charge in [0, 0.05) is 17.6 Å². The Morgan fingerprint density at radius 2 is 2.07 bits per heavy atom. The first kappa shape index (κ1) is 18.1. The van der Waals surface area contributed by atoms with Gasteiger partial charge in [-0.2, -0.15) is 20.3 Å². The highest BCUT2D eigenvalue weighted by Gasteiger charge is 2.20. The lowest BCUT2D eigenvalue weighted by Crippen LogP contribution is -2.14.